The van der Waals surface area contributed by atoms with Crippen molar-refractivity contribution in [1.29, 1.82) is 0 Å². The van der Waals surface area contributed by atoms with Crippen molar-refractivity contribution in [2.45, 2.75) is 33.2 Å². The van der Waals surface area contributed by atoms with Crippen LogP contribution < -0.4 is 0 Å². The van der Waals surface area contributed by atoms with Crippen LogP contribution in [0.5, 0.6) is 0 Å². The molecule has 0 N–H and O–H groups in total. The van der Waals surface area contributed by atoms with E-state index in [-0.39, 0.29) is 17.4 Å². The molecule has 4 heteroatoms. The lowest BCUT2D eigenvalue weighted by Crippen LogP contribution is -2.52. The van der Waals surface area contributed by atoms with Gasteiger partial charge in [0, 0.05) is 18.6 Å². The Kier molecular flexibility index (Phi) is 4.74. The van der Waals surface area contributed by atoms with Crippen LogP contribution >= 0.6 is 0 Å². The van der Waals surface area contributed by atoms with Gasteiger partial charge in [-0.3, -0.25) is 9.69 Å². The summed E-state index contributed by atoms with van der Waals surface area (Å²) in [4.78, 5) is 13.7. The van der Waals surface area contributed by atoms with Crippen LogP contribution in [0, 0.1) is 5.92 Å². The summed E-state index contributed by atoms with van der Waals surface area (Å²) >= 11 is 0. The van der Waals surface area contributed by atoms with Crippen molar-refractivity contribution >= 4 is 5.97 Å². The molecule has 0 atom stereocenters. The average Bonchev–Trinajstić information content (AvgIpc) is 2.27. The summed E-state index contributed by atoms with van der Waals surface area (Å²) in [6.07, 6.45) is 0. The predicted molar refractivity (Wildman–Crippen MR) is 62.3 cm³/mol. The molecule has 94 valence electrons. The van der Waals surface area contributed by atoms with Crippen LogP contribution in [0.15, 0.2) is 0 Å². The van der Waals surface area contributed by atoms with Gasteiger partial charge < -0.3 is 9.47 Å². The second kappa shape index (κ2) is 5.64. The summed E-state index contributed by atoms with van der Waals surface area (Å²) in [6.45, 7) is 11.7. The van der Waals surface area contributed by atoms with Gasteiger partial charge in [0.2, 0.25) is 0 Å². The standard InChI is InChI=1S/C12H23NO3/c1-10(2)11(14)16-9-12(3,4)13-5-7-15-8-6-13/h10H,5-9H2,1-4H3. The molecule has 0 aromatic heterocycles. The number of ether oxygens (including phenoxy) is 2. The third-order valence-electron chi connectivity index (χ3n) is 2.91. The first-order valence-corrected chi connectivity index (χ1v) is 5.93. The molecular weight excluding hydrogens is 206 g/mol. The van der Waals surface area contributed by atoms with Crippen molar-refractivity contribution in [1.82, 2.24) is 4.90 Å². The molecule has 16 heavy (non-hydrogen) atoms. The molecule has 0 aromatic carbocycles. The Morgan fingerprint density at radius 2 is 1.94 bits per heavy atom. The molecule has 0 radical (unpaired) electrons. The van der Waals surface area contributed by atoms with Crippen molar-refractivity contribution in [2.24, 2.45) is 5.92 Å². The molecule has 0 unspecified atom stereocenters. The van der Waals surface area contributed by atoms with E-state index in [9.17, 15) is 4.79 Å². The van der Waals surface area contributed by atoms with E-state index in [1.807, 2.05) is 13.8 Å². The lowest BCUT2D eigenvalue weighted by Gasteiger charge is -2.40. The summed E-state index contributed by atoms with van der Waals surface area (Å²) < 4.78 is 10.6. The quantitative estimate of drug-likeness (QED) is 0.681. The van der Waals surface area contributed by atoms with E-state index >= 15 is 0 Å². The average molecular weight is 229 g/mol. The molecule has 0 aromatic rings. The molecule has 0 amide bonds. The Bertz CT molecular complexity index is 232. The van der Waals surface area contributed by atoms with Crippen molar-refractivity contribution < 1.29 is 14.3 Å². The fourth-order valence-electron chi connectivity index (χ4n) is 1.67. The van der Waals surface area contributed by atoms with Gasteiger partial charge in [0.05, 0.1) is 19.1 Å². The van der Waals surface area contributed by atoms with Gasteiger partial charge in [0.25, 0.3) is 0 Å². The third-order valence-corrected chi connectivity index (χ3v) is 2.91. The fourth-order valence-corrected chi connectivity index (χ4v) is 1.67. The van der Waals surface area contributed by atoms with E-state index in [2.05, 4.69) is 18.7 Å². The smallest absolute Gasteiger partial charge is 0.308 e. The highest BCUT2D eigenvalue weighted by Gasteiger charge is 2.29. The fraction of sp³-hybridized carbons (Fsp3) is 0.917. The maximum absolute atomic E-state index is 11.4. The van der Waals surface area contributed by atoms with E-state index in [4.69, 9.17) is 9.47 Å². The lowest BCUT2D eigenvalue weighted by atomic mass is 10.0. The molecule has 0 aliphatic carbocycles. The van der Waals surface area contributed by atoms with Gasteiger partial charge in [-0.05, 0) is 13.8 Å². The highest BCUT2D eigenvalue weighted by Crippen LogP contribution is 2.17. The minimum Gasteiger partial charge on any atom is -0.464 e. The van der Waals surface area contributed by atoms with Crippen LogP contribution in [-0.4, -0.2) is 49.3 Å². The minimum absolute atomic E-state index is 0.0551. The Hall–Kier alpha value is -0.610. The van der Waals surface area contributed by atoms with Gasteiger partial charge in [-0.15, -0.1) is 0 Å². The number of esters is 1. The van der Waals surface area contributed by atoms with Crippen LogP contribution in [0.25, 0.3) is 0 Å². The first-order chi connectivity index (χ1) is 7.43. The number of morpholine rings is 1. The predicted octanol–water partition coefficient (Wildman–Crippen LogP) is 1.30. The lowest BCUT2D eigenvalue weighted by molar-refractivity contribution is -0.152. The molecule has 0 bridgehead atoms. The summed E-state index contributed by atoms with van der Waals surface area (Å²) in [5, 5.41) is 0. The van der Waals surface area contributed by atoms with Gasteiger partial charge in [-0.2, -0.15) is 0 Å². The first kappa shape index (κ1) is 13.5. The van der Waals surface area contributed by atoms with Gasteiger partial charge in [-0.1, -0.05) is 13.8 Å². The van der Waals surface area contributed by atoms with Crippen LogP contribution in [0.4, 0.5) is 0 Å². The largest absolute Gasteiger partial charge is 0.464 e. The summed E-state index contributed by atoms with van der Waals surface area (Å²) in [5.41, 5.74) is -0.103. The van der Waals surface area contributed by atoms with Crippen LogP contribution in [0.3, 0.4) is 0 Å². The molecule has 1 heterocycles. The molecule has 1 fully saturated rings. The van der Waals surface area contributed by atoms with E-state index in [0.29, 0.717) is 6.61 Å². The molecule has 1 aliphatic heterocycles. The van der Waals surface area contributed by atoms with Gasteiger partial charge in [0.15, 0.2) is 0 Å². The molecule has 1 rings (SSSR count). The molecule has 4 nitrogen and oxygen atoms in total. The van der Waals surface area contributed by atoms with E-state index in [1.54, 1.807) is 0 Å². The van der Waals surface area contributed by atoms with Crippen molar-refractivity contribution in [3.63, 3.8) is 0 Å². The van der Waals surface area contributed by atoms with E-state index in [1.165, 1.54) is 0 Å². The first-order valence-electron chi connectivity index (χ1n) is 5.93. The maximum atomic E-state index is 11.4. The number of hydrogen-bond acceptors (Lipinski definition) is 4. The minimum atomic E-state index is -0.124. The van der Waals surface area contributed by atoms with Gasteiger partial charge in [-0.25, -0.2) is 0 Å². The normalized spacial score (nSPS) is 18.8. The van der Waals surface area contributed by atoms with E-state index in [0.717, 1.165) is 26.3 Å². The number of carbonyl (C=O) groups is 1. The number of hydrogen-bond donors (Lipinski definition) is 0. The SMILES string of the molecule is CC(C)C(=O)OCC(C)(C)N1CCOCC1. The van der Waals surface area contributed by atoms with Crippen molar-refractivity contribution in [3.8, 4) is 0 Å². The Labute approximate surface area is 97.9 Å². The Morgan fingerprint density at radius 1 is 1.38 bits per heavy atom. The zero-order valence-electron chi connectivity index (χ0n) is 10.8. The second-order valence-corrected chi connectivity index (χ2v) is 5.17. The monoisotopic (exact) mass is 229 g/mol. The maximum Gasteiger partial charge on any atom is 0.308 e. The van der Waals surface area contributed by atoms with Crippen LogP contribution in [0.1, 0.15) is 27.7 Å². The van der Waals surface area contributed by atoms with Crippen LogP contribution in [-0.2, 0) is 14.3 Å². The summed E-state index contributed by atoms with van der Waals surface area (Å²) in [5.74, 6) is -0.179. The summed E-state index contributed by atoms with van der Waals surface area (Å²) in [7, 11) is 0. The Morgan fingerprint density at radius 3 is 2.44 bits per heavy atom. The molecular formula is C12H23NO3. The topological polar surface area (TPSA) is 38.8 Å². The number of nitrogens with zero attached hydrogens (tertiary/aromatic N) is 1. The number of carbonyl (C=O) groups excluding carboxylic acids is 1. The molecule has 0 saturated carbocycles. The Balaban J connectivity index is 2.40. The van der Waals surface area contributed by atoms with Crippen molar-refractivity contribution in [3.05, 3.63) is 0 Å². The summed E-state index contributed by atoms with van der Waals surface area (Å²) in [6, 6.07) is 0. The molecule has 1 saturated heterocycles. The zero-order valence-corrected chi connectivity index (χ0v) is 10.8. The highest BCUT2D eigenvalue weighted by atomic mass is 16.5. The molecule has 1 aliphatic rings. The van der Waals surface area contributed by atoms with Gasteiger partial charge in [0.1, 0.15) is 6.61 Å². The van der Waals surface area contributed by atoms with Crippen LogP contribution in [0.2, 0.25) is 0 Å². The number of rotatable bonds is 4. The zero-order chi connectivity index (χ0) is 12.2. The second-order valence-electron chi connectivity index (χ2n) is 5.17. The third kappa shape index (κ3) is 3.76. The van der Waals surface area contributed by atoms with E-state index < -0.39 is 0 Å². The van der Waals surface area contributed by atoms with Gasteiger partial charge >= 0.3 is 5.97 Å². The van der Waals surface area contributed by atoms with Crippen molar-refractivity contribution in [2.75, 3.05) is 32.9 Å². The highest BCUT2D eigenvalue weighted by molar-refractivity contribution is 5.71. The molecule has 0 spiro atoms.